The molecule has 3 aromatic heterocycles. The van der Waals surface area contributed by atoms with E-state index < -0.39 is 11.7 Å². The van der Waals surface area contributed by atoms with Gasteiger partial charge in [-0.05, 0) is 61.9 Å². The molecule has 1 unspecified atom stereocenters. The summed E-state index contributed by atoms with van der Waals surface area (Å²) < 4.78 is 14.8. The third-order valence-corrected chi connectivity index (χ3v) is 6.17. The number of nitrogens with zero attached hydrogens (tertiary/aromatic N) is 5. The Hall–Kier alpha value is -2.20. The number of carbonyl (C=O) groups excluding carboxylic acids is 1. The standard InChI is InChI=1S/C20H26IN6O3P/c1-7-14-13-10-15(23-11-16(13)27(25-14)31-21)17-12(2)24-26(6)18(17)29-9-8-22-19(28)30-20(3,4)5/h7,10-11,31H,1,8-9H2,2-6H3,(H,22,28). The zero-order valence-corrected chi connectivity index (χ0v) is 21.3. The molecule has 3 aromatic rings. The minimum Gasteiger partial charge on any atom is -0.475 e. The van der Waals surface area contributed by atoms with E-state index >= 15 is 0 Å². The van der Waals surface area contributed by atoms with Crippen molar-refractivity contribution in [2.24, 2.45) is 7.05 Å². The number of hydrogen-bond donors (Lipinski definition) is 1. The zero-order valence-electron chi connectivity index (χ0n) is 18.2. The van der Waals surface area contributed by atoms with Gasteiger partial charge < -0.3 is 14.8 Å². The van der Waals surface area contributed by atoms with Crippen molar-refractivity contribution >= 4 is 51.5 Å². The Morgan fingerprint density at radius 1 is 1.39 bits per heavy atom. The van der Waals surface area contributed by atoms with Crippen molar-refractivity contribution in [3.8, 4) is 17.1 Å². The molecule has 0 spiro atoms. The SMILES string of the molecule is C=Cc1nn(PI)c2cnc(-c3c(C)nn(C)c3OCCNC(=O)OC(C)(C)C)cc12. The Labute approximate surface area is 195 Å². The molecule has 0 aliphatic heterocycles. The normalized spacial score (nSPS) is 11.9. The Morgan fingerprint density at radius 2 is 2.13 bits per heavy atom. The number of aromatic nitrogens is 5. The maximum atomic E-state index is 11.8. The highest BCUT2D eigenvalue weighted by Crippen LogP contribution is 2.36. The highest BCUT2D eigenvalue weighted by atomic mass is 127. The summed E-state index contributed by atoms with van der Waals surface area (Å²) in [5, 5.41) is 12.7. The number of nitrogens with one attached hydrogen (secondary N) is 1. The van der Waals surface area contributed by atoms with Crippen LogP contribution in [0.2, 0.25) is 0 Å². The second-order valence-electron chi connectivity index (χ2n) is 7.84. The first-order valence-electron chi connectivity index (χ1n) is 9.66. The lowest BCUT2D eigenvalue weighted by Crippen LogP contribution is -2.34. The Morgan fingerprint density at radius 3 is 2.77 bits per heavy atom. The fourth-order valence-corrected chi connectivity index (χ4v) is 4.62. The van der Waals surface area contributed by atoms with Gasteiger partial charge in [0.2, 0.25) is 5.88 Å². The lowest BCUT2D eigenvalue weighted by molar-refractivity contribution is 0.0519. The molecular formula is C20H26IN6O3P. The van der Waals surface area contributed by atoms with Crippen LogP contribution < -0.4 is 10.1 Å². The number of rotatable bonds is 7. The second kappa shape index (κ2) is 9.52. The van der Waals surface area contributed by atoms with Crippen LogP contribution in [0.5, 0.6) is 5.88 Å². The molecule has 0 aromatic carbocycles. The molecule has 9 nitrogen and oxygen atoms in total. The van der Waals surface area contributed by atoms with Gasteiger partial charge in [-0.25, -0.2) is 13.9 Å². The number of pyridine rings is 1. The van der Waals surface area contributed by atoms with Crippen molar-refractivity contribution in [1.82, 2.24) is 29.6 Å². The Bertz CT molecular complexity index is 1120. The third-order valence-electron chi connectivity index (χ3n) is 4.30. The Kier molecular flexibility index (Phi) is 7.20. The average molecular weight is 556 g/mol. The van der Waals surface area contributed by atoms with E-state index in [-0.39, 0.29) is 6.61 Å². The summed E-state index contributed by atoms with van der Waals surface area (Å²) in [6, 6.07) is 1.99. The summed E-state index contributed by atoms with van der Waals surface area (Å²) in [4.78, 5) is 16.5. The monoisotopic (exact) mass is 556 g/mol. The van der Waals surface area contributed by atoms with Crippen LogP contribution in [0.1, 0.15) is 32.2 Å². The summed E-state index contributed by atoms with van der Waals surface area (Å²) in [5.41, 5.74) is 3.57. The molecular weight excluding hydrogens is 530 g/mol. The van der Waals surface area contributed by atoms with E-state index in [1.165, 1.54) is 0 Å². The molecule has 166 valence electrons. The summed E-state index contributed by atoms with van der Waals surface area (Å²) >= 11 is 2.29. The van der Waals surface area contributed by atoms with E-state index in [1.54, 1.807) is 10.8 Å². The number of aryl methyl sites for hydroxylation is 2. The topological polar surface area (TPSA) is 96.1 Å². The molecule has 1 N–H and O–H groups in total. The molecule has 1 atom stereocenters. The van der Waals surface area contributed by atoms with Crippen molar-refractivity contribution in [1.29, 1.82) is 0 Å². The zero-order chi connectivity index (χ0) is 22.8. The van der Waals surface area contributed by atoms with Crippen molar-refractivity contribution in [3.63, 3.8) is 0 Å². The van der Waals surface area contributed by atoms with Crippen LogP contribution in [0, 0.1) is 6.92 Å². The predicted octanol–water partition coefficient (Wildman–Crippen LogP) is 4.48. The molecule has 11 heteroatoms. The predicted molar refractivity (Wildman–Crippen MR) is 132 cm³/mol. The first-order chi connectivity index (χ1) is 14.6. The molecule has 3 rings (SSSR count). The molecule has 0 fully saturated rings. The van der Waals surface area contributed by atoms with Gasteiger partial charge in [0.1, 0.15) is 12.2 Å². The quantitative estimate of drug-likeness (QED) is 0.262. The van der Waals surface area contributed by atoms with E-state index in [4.69, 9.17) is 9.47 Å². The number of halogens is 1. The van der Waals surface area contributed by atoms with E-state index in [1.807, 2.05) is 51.5 Å². The number of ether oxygens (including phenoxy) is 2. The third kappa shape index (κ3) is 5.35. The van der Waals surface area contributed by atoms with Gasteiger partial charge in [-0.3, -0.25) is 4.98 Å². The van der Waals surface area contributed by atoms with Crippen LogP contribution in [0.3, 0.4) is 0 Å². The fourth-order valence-electron chi connectivity index (χ4n) is 3.10. The highest BCUT2D eigenvalue weighted by molar-refractivity contribution is 14.2. The average Bonchev–Trinajstić information content (AvgIpc) is 3.19. The molecule has 0 radical (unpaired) electrons. The second-order valence-corrected chi connectivity index (χ2v) is 9.88. The minimum absolute atomic E-state index is 0.263. The van der Waals surface area contributed by atoms with Gasteiger partial charge in [0, 0.05) is 12.4 Å². The van der Waals surface area contributed by atoms with Crippen molar-refractivity contribution in [2.45, 2.75) is 33.3 Å². The van der Waals surface area contributed by atoms with Crippen LogP contribution >= 0.6 is 28.4 Å². The van der Waals surface area contributed by atoms with Gasteiger partial charge in [0.05, 0.1) is 47.3 Å². The molecule has 0 aliphatic rings. The first kappa shape index (κ1) is 23.5. The summed E-state index contributed by atoms with van der Waals surface area (Å²) in [6.45, 7) is 11.8. The lowest BCUT2D eigenvalue weighted by Gasteiger charge is -2.19. The number of alkyl carbamates (subject to hydrolysis) is 1. The van der Waals surface area contributed by atoms with Gasteiger partial charge in [-0.1, -0.05) is 6.58 Å². The molecule has 31 heavy (non-hydrogen) atoms. The maximum Gasteiger partial charge on any atom is 0.407 e. The molecule has 0 bridgehead atoms. The minimum atomic E-state index is -0.544. The van der Waals surface area contributed by atoms with Crippen molar-refractivity contribution in [2.75, 3.05) is 13.2 Å². The van der Waals surface area contributed by atoms with Crippen molar-refractivity contribution in [3.05, 3.63) is 30.2 Å². The van der Waals surface area contributed by atoms with Crippen LogP contribution in [-0.4, -0.2) is 49.2 Å². The number of fused-ring (bicyclic) bond motifs is 1. The van der Waals surface area contributed by atoms with Crippen LogP contribution in [-0.2, 0) is 11.8 Å². The van der Waals surface area contributed by atoms with E-state index in [2.05, 4.69) is 49.1 Å². The Balaban J connectivity index is 1.82. The summed E-state index contributed by atoms with van der Waals surface area (Å²) in [5.74, 6) is 0.582. The summed E-state index contributed by atoms with van der Waals surface area (Å²) in [7, 11) is 1.82. The number of hydrogen-bond acceptors (Lipinski definition) is 6. The van der Waals surface area contributed by atoms with Gasteiger partial charge in [0.15, 0.2) is 0 Å². The van der Waals surface area contributed by atoms with E-state index in [0.29, 0.717) is 18.8 Å². The fraction of sp³-hybridized carbons (Fsp3) is 0.400. The van der Waals surface area contributed by atoms with E-state index in [0.717, 1.165) is 33.5 Å². The van der Waals surface area contributed by atoms with Gasteiger partial charge in [-0.2, -0.15) is 10.2 Å². The molecule has 0 saturated heterocycles. The summed E-state index contributed by atoms with van der Waals surface area (Å²) in [6.07, 6.45) is 3.55. The van der Waals surface area contributed by atoms with Gasteiger partial charge in [-0.15, -0.1) is 0 Å². The lowest BCUT2D eigenvalue weighted by atomic mass is 10.1. The molecule has 1 amide bonds. The molecule has 0 saturated carbocycles. The van der Waals surface area contributed by atoms with Crippen molar-refractivity contribution < 1.29 is 14.3 Å². The van der Waals surface area contributed by atoms with Crippen LogP contribution in [0.25, 0.3) is 28.2 Å². The number of amides is 1. The largest absolute Gasteiger partial charge is 0.475 e. The smallest absolute Gasteiger partial charge is 0.407 e. The van der Waals surface area contributed by atoms with Crippen LogP contribution in [0.15, 0.2) is 18.8 Å². The molecule has 0 aliphatic carbocycles. The van der Waals surface area contributed by atoms with Gasteiger partial charge in [0.25, 0.3) is 0 Å². The van der Waals surface area contributed by atoms with Gasteiger partial charge >= 0.3 is 6.09 Å². The van der Waals surface area contributed by atoms with E-state index in [9.17, 15) is 4.79 Å². The maximum absolute atomic E-state index is 11.8. The molecule has 3 heterocycles. The highest BCUT2D eigenvalue weighted by Gasteiger charge is 2.20. The first-order valence-corrected chi connectivity index (χ1v) is 13.7. The van der Waals surface area contributed by atoms with Crippen LogP contribution in [0.4, 0.5) is 4.79 Å². The number of carbonyl (C=O) groups is 1.